The Morgan fingerprint density at radius 3 is 2.88 bits per heavy atom. The summed E-state index contributed by atoms with van der Waals surface area (Å²) in [5, 5.41) is 3.61. The van der Waals surface area contributed by atoms with Crippen LogP contribution < -0.4 is 5.32 Å². The Balaban J connectivity index is 1.50. The van der Waals surface area contributed by atoms with Gasteiger partial charge in [-0.2, -0.15) is 0 Å². The van der Waals surface area contributed by atoms with E-state index in [1.165, 1.54) is 44.6 Å². The lowest BCUT2D eigenvalue weighted by atomic mass is 10.1. The van der Waals surface area contributed by atoms with Crippen molar-refractivity contribution in [2.75, 3.05) is 26.2 Å². The zero-order chi connectivity index (χ0) is 10.8. The van der Waals surface area contributed by atoms with E-state index in [1.54, 1.807) is 0 Å². The molecule has 0 spiro atoms. The van der Waals surface area contributed by atoms with Crippen LogP contribution in [0.1, 0.15) is 12.0 Å². The van der Waals surface area contributed by atoms with E-state index in [-0.39, 0.29) is 0 Å². The number of likely N-dealkylation sites (tertiary alicyclic amines) is 1. The van der Waals surface area contributed by atoms with E-state index in [1.807, 2.05) is 0 Å². The highest BCUT2D eigenvalue weighted by molar-refractivity contribution is 5.15. The highest BCUT2D eigenvalue weighted by Gasteiger charge is 2.35. The highest BCUT2D eigenvalue weighted by atomic mass is 15.2. The quantitative estimate of drug-likeness (QED) is 0.824. The third-order valence-corrected chi connectivity index (χ3v) is 4.00. The van der Waals surface area contributed by atoms with Gasteiger partial charge in [-0.1, -0.05) is 30.3 Å². The minimum atomic E-state index is 0.788. The summed E-state index contributed by atoms with van der Waals surface area (Å²) in [6.45, 7) is 5.03. The van der Waals surface area contributed by atoms with E-state index in [0.717, 1.165) is 12.0 Å². The van der Waals surface area contributed by atoms with Crippen molar-refractivity contribution in [3.63, 3.8) is 0 Å². The van der Waals surface area contributed by atoms with Crippen LogP contribution in [-0.4, -0.2) is 37.1 Å². The lowest BCUT2D eigenvalue weighted by Gasteiger charge is -2.16. The third-order valence-electron chi connectivity index (χ3n) is 4.00. The predicted octanol–water partition coefficient (Wildman–Crippen LogP) is 1.52. The maximum Gasteiger partial charge on any atom is 0.0235 e. The number of nitrogens with one attached hydrogen (secondary N) is 1. The minimum absolute atomic E-state index is 0.788. The van der Waals surface area contributed by atoms with E-state index in [0.29, 0.717) is 0 Å². The number of rotatable bonds is 3. The van der Waals surface area contributed by atoms with Crippen LogP contribution in [0.2, 0.25) is 0 Å². The zero-order valence-electron chi connectivity index (χ0n) is 9.73. The van der Waals surface area contributed by atoms with Crippen LogP contribution in [0.25, 0.3) is 0 Å². The largest absolute Gasteiger partial charge is 0.312 e. The molecule has 0 amide bonds. The summed E-state index contributed by atoms with van der Waals surface area (Å²) in [6, 6.07) is 11.6. The van der Waals surface area contributed by atoms with E-state index in [9.17, 15) is 0 Å². The van der Waals surface area contributed by atoms with Crippen molar-refractivity contribution in [3.05, 3.63) is 35.9 Å². The molecule has 2 saturated heterocycles. The van der Waals surface area contributed by atoms with Crippen LogP contribution in [0.3, 0.4) is 0 Å². The Bertz CT molecular complexity index is 324. The van der Waals surface area contributed by atoms with Gasteiger partial charge in [0.2, 0.25) is 0 Å². The van der Waals surface area contributed by atoms with Gasteiger partial charge in [0.05, 0.1) is 0 Å². The maximum atomic E-state index is 3.61. The predicted molar refractivity (Wildman–Crippen MR) is 66.5 cm³/mol. The normalized spacial score (nSPS) is 29.5. The van der Waals surface area contributed by atoms with Gasteiger partial charge in [-0.25, -0.2) is 0 Å². The van der Waals surface area contributed by atoms with Crippen LogP contribution in [-0.2, 0) is 6.42 Å². The van der Waals surface area contributed by atoms with Crippen molar-refractivity contribution in [3.8, 4) is 0 Å². The molecule has 0 bridgehead atoms. The summed E-state index contributed by atoms with van der Waals surface area (Å²) in [5.74, 6) is 0.927. The molecule has 2 atom stereocenters. The first-order valence-corrected chi connectivity index (χ1v) is 6.41. The SMILES string of the molecule is c1ccc(CCN2C[C@@H]3CCN[C@@H]3C2)cc1. The Hall–Kier alpha value is -0.860. The molecular formula is C14H20N2. The summed E-state index contributed by atoms with van der Waals surface area (Å²) < 4.78 is 0. The van der Waals surface area contributed by atoms with Crippen molar-refractivity contribution in [1.82, 2.24) is 10.2 Å². The lowest BCUT2D eigenvalue weighted by molar-refractivity contribution is 0.318. The van der Waals surface area contributed by atoms with Gasteiger partial charge in [-0.15, -0.1) is 0 Å². The Morgan fingerprint density at radius 2 is 2.06 bits per heavy atom. The summed E-state index contributed by atoms with van der Waals surface area (Å²) >= 11 is 0. The maximum absolute atomic E-state index is 3.61. The van der Waals surface area contributed by atoms with Crippen molar-refractivity contribution in [2.45, 2.75) is 18.9 Å². The average molecular weight is 216 g/mol. The summed E-state index contributed by atoms with van der Waals surface area (Å²) in [7, 11) is 0. The van der Waals surface area contributed by atoms with Gasteiger partial charge in [0.15, 0.2) is 0 Å². The molecule has 2 fully saturated rings. The van der Waals surface area contributed by atoms with Gasteiger partial charge in [0, 0.05) is 25.7 Å². The molecule has 3 rings (SSSR count). The Morgan fingerprint density at radius 1 is 1.19 bits per heavy atom. The van der Waals surface area contributed by atoms with Crippen molar-refractivity contribution in [1.29, 1.82) is 0 Å². The second-order valence-corrected chi connectivity index (χ2v) is 5.10. The fraction of sp³-hybridized carbons (Fsp3) is 0.571. The van der Waals surface area contributed by atoms with Crippen LogP contribution in [0.15, 0.2) is 30.3 Å². The molecule has 0 radical (unpaired) electrons. The molecule has 2 aliphatic heterocycles. The van der Waals surface area contributed by atoms with E-state index in [2.05, 4.69) is 40.5 Å². The molecule has 0 unspecified atom stereocenters. The molecule has 2 nitrogen and oxygen atoms in total. The molecular weight excluding hydrogens is 196 g/mol. The van der Waals surface area contributed by atoms with Crippen LogP contribution in [0.5, 0.6) is 0 Å². The Labute approximate surface area is 97.6 Å². The molecule has 2 aliphatic rings. The first-order chi connectivity index (χ1) is 7.92. The lowest BCUT2D eigenvalue weighted by Crippen LogP contribution is -2.31. The second kappa shape index (κ2) is 4.56. The fourth-order valence-electron chi connectivity index (χ4n) is 3.05. The number of hydrogen-bond acceptors (Lipinski definition) is 2. The highest BCUT2D eigenvalue weighted by Crippen LogP contribution is 2.24. The van der Waals surface area contributed by atoms with E-state index in [4.69, 9.17) is 0 Å². The van der Waals surface area contributed by atoms with Crippen LogP contribution in [0, 0.1) is 5.92 Å². The molecule has 1 aromatic carbocycles. The molecule has 2 heteroatoms. The molecule has 0 saturated carbocycles. The van der Waals surface area contributed by atoms with Crippen molar-refractivity contribution < 1.29 is 0 Å². The minimum Gasteiger partial charge on any atom is -0.312 e. The third kappa shape index (κ3) is 2.13. The summed E-state index contributed by atoms with van der Waals surface area (Å²) in [4.78, 5) is 2.62. The van der Waals surface area contributed by atoms with E-state index < -0.39 is 0 Å². The number of nitrogens with zero attached hydrogens (tertiary/aromatic N) is 1. The smallest absolute Gasteiger partial charge is 0.0235 e. The molecule has 86 valence electrons. The zero-order valence-corrected chi connectivity index (χ0v) is 9.73. The van der Waals surface area contributed by atoms with Crippen molar-refractivity contribution >= 4 is 0 Å². The molecule has 1 aromatic rings. The second-order valence-electron chi connectivity index (χ2n) is 5.10. The monoisotopic (exact) mass is 216 g/mol. The van der Waals surface area contributed by atoms with Gasteiger partial charge in [-0.05, 0) is 30.9 Å². The number of hydrogen-bond donors (Lipinski definition) is 1. The van der Waals surface area contributed by atoms with Gasteiger partial charge in [-0.3, -0.25) is 0 Å². The Kier molecular flexibility index (Phi) is 2.94. The van der Waals surface area contributed by atoms with Gasteiger partial charge >= 0.3 is 0 Å². The fourth-order valence-corrected chi connectivity index (χ4v) is 3.05. The summed E-state index contributed by atoms with van der Waals surface area (Å²) in [6.07, 6.45) is 2.58. The van der Waals surface area contributed by atoms with Crippen LogP contribution >= 0.6 is 0 Å². The topological polar surface area (TPSA) is 15.3 Å². The van der Waals surface area contributed by atoms with Gasteiger partial charge in [0.25, 0.3) is 0 Å². The molecule has 0 aliphatic carbocycles. The molecule has 1 N–H and O–H groups in total. The van der Waals surface area contributed by atoms with E-state index >= 15 is 0 Å². The number of fused-ring (bicyclic) bond motifs is 1. The van der Waals surface area contributed by atoms with Crippen molar-refractivity contribution in [2.24, 2.45) is 5.92 Å². The van der Waals surface area contributed by atoms with Gasteiger partial charge < -0.3 is 10.2 Å². The van der Waals surface area contributed by atoms with Gasteiger partial charge in [0.1, 0.15) is 0 Å². The molecule has 2 heterocycles. The molecule has 0 aromatic heterocycles. The standard InChI is InChI=1S/C14H20N2/c1-2-4-12(5-3-1)7-9-16-10-13-6-8-15-14(13)11-16/h1-5,13-15H,6-11H2/t13-,14+/m0/s1. The molecule has 16 heavy (non-hydrogen) atoms. The van der Waals surface area contributed by atoms with Crippen LogP contribution in [0.4, 0.5) is 0 Å². The summed E-state index contributed by atoms with van der Waals surface area (Å²) in [5.41, 5.74) is 1.47. The first kappa shape index (κ1) is 10.3. The number of benzene rings is 1. The average Bonchev–Trinajstić information content (AvgIpc) is 2.88. The first-order valence-electron chi connectivity index (χ1n) is 6.41.